The molecular formula is C16H22N2O2. The van der Waals surface area contributed by atoms with E-state index in [2.05, 4.69) is 38.2 Å². The van der Waals surface area contributed by atoms with Crippen LogP contribution in [0.3, 0.4) is 0 Å². The lowest BCUT2D eigenvalue weighted by Gasteiger charge is -2.04. The van der Waals surface area contributed by atoms with Gasteiger partial charge in [-0.15, -0.1) is 0 Å². The number of nitro groups is 1. The van der Waals surface area contributed by atoms with Crippen molar-refractivity contribution in [3.8, 4) is 0 Å². The molecule has 0 saturated carbocycles. The summed E-state index contributed by atoms with van der Waals surface area (Å²) in [7, 11) is 0. The van der Waals surface area contributed by atoms with E-state index in [1.165, 1.54) is 23.3 Å². The van der Waals surface area contributed by atoms with Crippen LogP contribution in [0.5, 0.6) is 0 Å². The summed E-state index contributed by atoms with van der Waals surface area (Å²) in [6, 6.07) is 6.47. The van der Waals surface area contributed by atoms with Crippen molar-refractivity contribution in [2.45, 2.75) is 33.6 Å². The average molecular weight is 274 g/mol. The zero-order chi connectivity index (χ0) is 15.0. The van der Waals surface area contributed by atoms with Crippen molar-refractivity contribution in [2.24, 2.45) is 0 Å². The number of anilines is 1. The van der Waals surface area contributed by atoms with Gasteiger partial charge in [-0.1, -0.05) is 23.3 Å². The predicted molar refractivity (Wildman–Crippen MR) is 84.0 cm³/mol. The second kappa shape index (κ2) is 8.15. The second-order valence-corrected chi connectivity index (χ2v) is 5.06. The summed E-state index contributed by atoms with van der Waals surface area (Å²) in [4.78, 5) is 10.1. The lowest BCUT2D eigenvalue weighted by Crippen LogP contribution is -1.99. The summed E-state index contributed by atoms with van der Waals surface area (Å²) in [5.41, 5.74) is 3.70. The van der Waals surface area contributed by atoms with Gasteiger partial charge < -0.3 is 5.32 Å². The van der Waals surface area contributed by atoms with Gasteiger partial charge in [0, 0.05) is 24.4 Å². The maximum Gasteiger partial charge on any atom is 0.269 e. The van der Waals surface area contributed by atoms with E-state index in [9.17, 15) is 10.1 Å². The zero-order valence-corrected chi connectivity index (χ0v) is 12.3. The first kappa shape index (κ1) is 16.0. The van der Waals surface area contributed by atoms with Crippen LogP contribution in [0.15, 0.2) is 47.6 Å². The van der Waals surface area contributed by atoms with Gasteiger partial charge in [-0.3, -0.25) is 10.1 Å². The Hall–Kier alpha value is -2.10. The summed E-state index contributed by atoms with van der Waals surface area (Å²) in [5.74, 6) is 0. The van der Waals surface area contributed by atoms with Crippen LogP contribution in [0.1, 0.15) is 33.6 Å². The Morgan fingerprint density at radius 2 is 1.85 bits per heavy atom. The van der Waals surface area contributed by atoms with Crippen LogP contribution in [0.25, 0.3) is 0 Å². The van der Waals surface area contributed by atoms with Gasteiger partial charge in [-0.2, -0.15) is 0 Å². The maximum absolute atomic E-state index is 10.5. The van der Waals surface area contributed by atoms with Crippen molar-refractivity contribution in [3.05, 3.63) is 57.7 Å². The molecule has 1 aromatic rings. The van der Waals surface area contributed by atoms with Gasteiger partial charge in [0.2, 0.25) is 0 Å². The first-order valence-corrected chi connectivity index (χ1v) is 6.76. The Morgan fingerprint density at radius 3 is 2.40 bits per heavy atom. The highest BCUT2D eigenvalue weighted by Crippen LogP contribution is 2.15. The number of allylic oxidation sites excluding steroid dienone is 3. The summed E-state index contributed by atoms with van der Waals surface area (Å²) in [5, 5.41) is 13.8. The van der Waals surface area contributed by atoms with Crippen LogP contribution < -0.4 is 5.32 Å². The predicted octanol–water partition coefficient (Wildman–Crippen LogP) is 4.70. The van der Waals surface area contributed by atoms with E-state index < -0.39 is 4.92 Å². The number of nitrogens with one attached hydrogen (secondary N) is 1. The van der Waals surface area contributed by atoms with Crippen molar-refractivity contribution in [3.63, 3.8) is 0 Å². The van der Waals surface area contributed by atoms with Crippen LogP contribution in [0, 0.1) is 10.1 Å². The van der Waals surface area contributed by atoms with E-state index in [1.807, 2.05) is 0 Å². The fourth-order valence-corrected chi connectivity index (χ4v) is 1.73. The number of non-ortho nitro benzene ring substituents is 1. The monoisotopic (exact) mass is 274 g/mol. The van der Waals surface area contributed by atoms with Gasteiger partial charge in [0.25, 0.3) is 5.69 Å². The summed E-state index contributed by atoms with van der Waals surface area (Å²) >= 11 is 0. The van der Waals surface area contributed by atoms with Gasteiger partial charge >= 0.3 is 0 Å². The van der Waals surface area contributed by atoms with Crippen LogP contribution in [0.4, 0.5) is 11.4 Å². The third-order valence-corrected chi connectivity index (χ3v) is 2.93. The molecule has 0 bridgehead atoms. The highest BCUT2D eigenvalue weighted by Gasteiger charge is 2.02. The highest BCUT2D eigenvalue weighted by molar-refractivity contribution is 5.48. The van der Waals surface area contributed by atoms with Gasteiger partial charge in [-0.25, -0.2) is 0 Å². The fraction of sp³-hybridized carbons (Fsp3) is 0.375. The maximum atomic E-state index is 10.5. The Morgan fingerprint density at radius 1 is 1.20 bits per heavy atom. The highest BCUT2D eigenvalue weighted by atomic mass is 16.6. The second-order valence-electron chi connectivity index (χ2n) is 5.06. The van der Waals surface area contributed by atoms with Crippen LogP contribution in [-0.4, -0.2) is 11.5 Å². The van der Waals surface area contributed by atoms with Crippen molar-refractivity contribution >= 4 is 11.4 Å². The first-order chi connectivity index (χ1) is 9.49. The number of nitrogens with zero attached hydrogens (tertiary/aromatic N) is 1. The van der Waals surface area contributed by atoms with Crippen molar-refractivity contribution in [2.75, 3.05) is 11.9 Å². The summed E-state index contributed by atoms with van der Waals surface area (Å²) < 4.78 is 0. The molecule has 0 fully saturated rings. The van der Waals surface area contributed by atoms with Crippen molar-refractivity contribution in [1.29, 1.82) is 0 Å². The molecule has 0 unspecified atom stereocenters. The Labute approximate surface area is 120 Å². The molecule has 4 nitrogen and oxygen atoms in total. The van der Waals surface area contributed by atoms with Gasteiger partial charge in [0.15, 0.2) is 0 Å². The minimum Gasteiger partial charge on any atom is -0.382 e. The number of nitro benzene ring substituents is 1. The lowest BCUT2D eigenvalue weighted by molar-refractivity contribution is -0.384. The molecule has 0 heterocycles. The van der Waals surface area contributed by atoms with E-state index in [-0.39, 0.29) is 5.69 Å². The van der Waals surface area contributed by atoms with Crippen molar-refractivity contribution in [1.82, 2.24) is 0 Å². The third-order valence-electron chi connectivity index (χ3n) is 2.93. The van der Waals surface area contributed by atoms with Crippen molar-refractivity contribution < 1.29 is 4.92 Å². The molecule has 108 valence electrons. The van der Waals surface area contributed by atoms with Gasteiger partial charge in [0.1, 0.15) is 0 Å². The smallest absolute Gasteiger partial charge is 0.269 e. The number of benzene rings is 1. The average Bonchev–Trinajstić information content (AvgIpc) is 2.39. The minimum absolute atomic E-state index is 0.115. The van der Waals surface area contributed by atoms with Gasteiger partial charge in [0.05, 0.1) is 4.92 Å². The molecule has 20 heavy (non-hydrogen) atoms. The first-order valence-electron chi connectivity index (χ1n) is 6.76. The standard InChI is InChI=1S/C16H22N2O2/c1-13(2)5-4-6-14(3)11-12-17-15-7-9-16(10-8-15)18(19)20/h5,7-11,17H,4,6,12H2,1-3H3/b14-11+. The molecule has 0 atom stereocenters. The molecule has 1 aromatic carbocycles. The Bertz CT molecular complexity index is 498. The van der Waals surface area contributed by atoms with E-state index in [0.29, 0.717) is 0 Å². The zero-order valence-electron chi connectivity index (χ0n) is 12.3. The van der Waals surface area contributed by atoms with E-state index >= 15 is 0 Å². The third kappa shape index (κ3) is 6.18. The number of rotatable bonds is 7. The molecule has 1 N–H and O–H groups in total. The van der Waals surface area contributed by atoms with Crippen LogP contribution in [0.2, 0.25) is 0 Å². The van der Waals surface area contributed by atoms with E-state index in [4.69, 9.17) is 0 Å². The molecule has 0 saturated heterocycles. The van der Waals surface area contributed by atoms with E-state index in [1.54, 1.807) is 12.1 Å². The fourth-order valence-electron chi connectivity index (χ4n) is 1.73. The Kier molecular flexibility index (Phi) is 6.50. The molecule has 4 heteroatoms. The van der Waals surface area contributed by atoms with E-state index in [0.717, 1.165) is 25.1 Å². The summed E-state index contributed by atoms with van der Waals surface area (Å²) in [6.07, 6.45) is 6.52. The number of hydrogen-bond acceptors (Lipinski definition) is 3. The number of hydrogen-bond donors (Lipinski definition) is 1. The normalized spacial score (nSPS) is 11.1. The molecule has 1 rings (SSSR count). The lowest BCUT2D eigenvalue weighted by atomic mass is 10.1. The molecule has 0 aliphatic carbocycles. The van der Waals surface area contributed by atoms with Gasteiger partial charge in [-0.05, 0) is 45.7 Å². The van der Waals surface area contributed by atoms with Crippen LogP contribution >= 0.6 is 0 Å². The molecular weight excluding hydrogens is 252 g/mol. The quantitative estimate of drug-likeness (QED) is 0.445. The molecule has 0 aliphatic heterocycles. The summed E-state index contributed by atoms with van der Waals surface area (Å²) in [6.45, 7) is 7.07. The Balaban J connectivity index is 2.39. The molecule has 0 aliphatic rings. The largest absolute Gasteiger partial charge is 0.382 e. The topological polar surface area (TPSA) is 55.2 Å². The van der Waals surface area contributed by atoms with Crippen LogP contribution in [-0.2, 0) is 0 Å². The molecule has 0 radical (unpaired) electrons. The minimum atomic E-state index is -0.392. The molecule has 0 amide bonds. The molecule has 0 spiro atoms. The SMILES string of the molecule is CC(C)=CCC/C(C)=C/CNc1ccc([N+](=O)[O-])cc1. The molecule has 0 aromatic heterocycles.